The van der Waals surface area contributed by atoms with Gasteiger partial charge >= 0.3 is 0 Å². The van der Waals surface area contributed by atoms with Crippen LogP contribution in [-0.4, -0.2) is 36.1 Å². The van der Waals surface area contributed by atoms with Crippen LogP contribution in [0, 0.1) is 12.8 Å². The zero-order valence-corrected chi connectivity index (χ0v) is 10.3. The molecule has 1 N–H and O–H groups in total. The molecule has 0 amide bonds. The Hall–Kier alpha value is -0.610. The van der Waals surface area contributed by atoms with Crippen LogP contribution in [0.15, 0.2) is 5.38 Å². The number of thiazole rings is 1. The molecule has 4 heteroatoms. The van der Waals surface area contributed by atoms with E-state index < -0.39 is 0 Å². The molecule has 3 nitrogen and oxygen atoms in total. The highest BCUT2D eigenvalue weighted by Gasteiger charge is 2.20. The van der Waals surface area contributed by atoms with Gasteiger partial charge in [0.2, 0.25) is 0 Å². The molecular formula is C11H19N3S. The van der Waals surface area contributed by atoms with Crippen molar-refractivity contribution in [2.75, 3.05) is 31.5 Å². The van der Waals surface area contributed by atoms with E-state index in [1.165, 1.54) is 26.1 Å². The minimum Gasteiger partial charge on any atom is -0.361 e. The molecule has 84 valence electrons. The van der Waals surface area contributed by atoms with Crippen LogP contribution in [0.1, 0.15) is 19.0 Å². The van der Waals surface area contributed by atoms with Gasteiger partial charge in [0, 0.05) is 18.5 Å². The van der Waals surface area contributed by atoms with Crippen LogP contribution >= 0.6 is 11.3 Å². The first-order valence-corrected chi connectivity index (χ1v) is 6.54. The fourth-order valence-corrected chi connectivity index (χ4v) is 2.73. The molecule has 1 unspecified atom stereocenters. The van der Waals surface area contributed by atoms with Crippen molar-refractivity contribution in [1.29, 1.82) is 0 Å². The lowest BCUT2D eigenvalue weighted by Crippen LogP contribution is -2.22. The number of aryl methyl sites for hydroxylation is 1. The molecule has 0 radical (unpaired) electrons. The van der Waals surface area contributed by atoms with Gasteiger partial charge in [-0.25, -0.2) is 4.98 Å². The number of aromatic nitrogens is 1. The number of anilines is 1. The summed E-state index contributed by atoms with van der Waals surface area (Å²) in [6, 6.07) is 0. The van der Waals surface area contributed by atoms with E-state index in [0.717, 1.165) is 23.3 Å². The van der Waals surface area contributed by atoms with Crippen LogP contribution in [0.5, 0.6) is 0 Å². The molecule has 1 aromatic rings. The van der Waals surface area contributed by atoms with E-state index in [4.69, 9.17) is 0 Å². The Balaban J connectivity index is 1.75. The van der Waals surface area contributed by atoms with Gasteiger partial charge in [-0.3, -0.25) is 0 Å². The smallest absolute Gasteiger partial charge is 0.182 e. The summed E-state index contributed by atoms with van der Waals surface area (Å²) in [5, 5.41) is 6.60. The van der Waals surface area contributed by atoms with Crippen LogP contribution in [-0.2, 0) is 0 Å². The summed E-state index contributed by atoms with van der Waals surface area (Å²) in [5.74, 6) is 0.800. The van der Waals surface area contributed by atoms with Crippen LogP contribution < -0.4 is 5.32 Å². The van der Waals surface area contributed by atoms with Crippen molar-refractivity contribution in [3.8, 4) is 0 Å². The molecule has 1 atom stereocenters. The first-order chi connectivity index (χ1) is 7.28. The lowest BCUT2D eigenvalue weighted by atomic mass is 10.1. The van der Waals surface area contributed by atoms with Crippen molar-refractivity contribution >= 4 is 16.5 Å². The van der Waals surface area contributed by atoms with Gasteiger partial charge in [-0.1, -0.05) is 6.92 Å². The monoisotopic (exact) mass is 225 g/mol. The summed E-state index contributed by atoms with van der Waals surface area (Å²) in [5.41, 5.74) is 1.11. The fourth-order valence-electron chi connectivity index (χ4n) is 2.03. The quantitative estimate of drug-likeness (QED) is 0.851. The SMILES string of the molecule is CCN1CCC(CNc2nc(C)cs2)C1. The molecule has 15 heavy (non-hydrogen) atoms. The predicted molar refractivity (Wildman–Crippen MR) is 65.6 cm³/mol. The molecule has 1 fully saturated rings. The molecule has 2 rings (SSSR count). The molecule has 0 aliphatic carbocycles. The number of likely N-dealkylation sites (tertiary alicyclic amines) is 1. The number of nitrogens with zero attached hydrogens (tertiary/aromatic N) is 2. The van der Waals surface area contributed by atoms with E-state index in [1.54, 1.807) is 11.3 Å². The molecule has 0 bridgehead atoms. The zero-order chi connectivity index (χ0) is 10.7. The van der Waals surface area contributed by atoms with Crippen LogP contribution in [0.4, 0.5) is 5.13 Å². The Labute approximate surface area is 95.5 Å². The third-order valence-electron chi connectivity index (χ3n) is 2.98. The van der Waals surface area contributed by atoms with E-state index in [9.17, 15) is 0 Å². The van der Waals surface area contributed by atoms with Gasteiger partial charge in [-0.05, 0) is 32.4 Å². The summed E-state index contributed by atoms with van der Waals surface area (Å²) in [6.07, 6.45) is 1.32. The van der Waals surface area contributed by atoms with Crippen molar-refractivity contribution in [2.45, 2.75) is 20.3 Å². The summed E-state index contributed by atoms with van der Waals surface area (Å²) in [6.45, 7) is 9.04. The van der Waals surface area contributed by atoms with E-state index in [1.807, 2.05) is 6.92 Å². The molecule has 2 heterocycles. The summed E-state index contributed by atoms with van der Waals surface area (Å²) in [4.78, 5) is 6.92. The number of hydrogen-bond donors (Lipinski definition) is 1. The van der Waals surface area contributed by atoms with Crippen LogP contribution in [0.3, 0.4) is 0 Å². The topological polar surface area (TPSA) is 28.2 Å². The van der Waals surface area contributed by atoms with Gasteiger partial charge < -0.3 is 10.2 Å². The van der Waals surface area contributed by atoms with Crippen molar-refractivity contribution in [1.82, 2.24) is 9.88 Å². The van der Waals surface area contributed by atoms with Crippen molar-refractivity contribution < 1.29 is 0 Å². The highest BCUT2D eigenvalue weighted by molar-refractivity contribution is 7.13. The van der Waals surface area contributed by atoms with Crippen molar-refractivity contribution in [3.05, 3.63) is 11.1 Å². The van der Waals surface area contributed by atoms with Gasteiger partial charge in [0.1, 0.15) is 0 Å². The Morgan fingerprint density at radius 1 is 1.67 bits per heavy atom. The lowest BCUT2D eigenvalue weighted by Gasteiger charge is -2.13. The largest absolute Gasteiger partial charge is 0.361 e. The highest BCUT2D eigenvalue weighted by Crippen LogP contribution is 2.19. The van der Waals surface area contributed by atoms with Crippen LogP contribution in [0.2, 0.25) is 0 Å². The third kappa shape index (κ3) is 2.92. The minimum absolute atomic E-state index is 0.800. The van der Waals surface area contributed by atoms with Crippen LogP contribution in [0.25, 0.3) is 0 Å². The molecule has 0 saturated carbocycles. The second kappa shape index (κ2) is 4.94. The van der Waals surface area contributed by atoms with Gasteiger partial charge in [-0.15, -0.1) is 11.3 Å². The van der Waals surface area contributed by atoms with Gasteiger partial charge in [0.05, 0.1) is 5.69 Å². The molecule has 1 aliphatic heterocycles. The number of rotatable bonds is 4. The van der Waals surface area contributed by atoms with E-state index in [2.05, 4.69) is 27.5 Å². The summed E-state index contributed by atoms with van der Waals surface area (Å²) < 4.78 is 0. The Morgan fingerprint density at radius 2 is 2.53 bits per heavy atom. The Morgan fingerprint density at radius 3 is 3.13 bits per heavy atom. The normalized spacial score (nSPS) is 22.1. The maximum Gasteiger partial charge on any atom is 0.182 e. The van der Waals surface area contributed by atoms with Gasteiger partial charge in [0.15, 0.2) is 5.13 Å². The Kier molecular flexibility index (Phi) is 3.59. The molecule has 0 spiro atoms. The predicted octanol–water partition coefficient (Wildman–Crippen LogP) is 2.21. The second-order valence-corrected chi connectivity index (χ2v) is 5.08. The molecule has 0 aromatic carbocycles. The maximum atomic E-state index is 4.40. The maximum absolute atomic E-state index is 4.40. The molecular weight excluding hydrogens is 206 g/mol. The van der Waals surface area contributed by atoms with Crippen molar-refractivity contribution in [2.24, 2.45) is 5.92 Å². The fraction of sp³-hybridized carbons (Fsp3) is 0.727. The first-order valence-electron chi connectivity index (χ1n) is 5.66. The standard InChI is InChI=1S/C11H19N3S/c1-3-14-5-4-10(7-14)6-12-11-13-9(2)8-15-11/h8,10H,3-7H2,1-2H3,(H,12,13). The zero-order valence-electron chi connectivity index (χ0n) is 9.49. The van der Waals surface area contributed by atoms with Crippen molar-refractivity contribution in [3.63, 3.8) is 0 Å². The molecule has 1 aromatic heterocycles. The van der Waals surface area contributed by atoms with E-state index >= 15 is 0 Å². The number of nitrogens with one attached hydrogen (secondary N) is 1. The number of hydrogen-bond acceptors (Lipinski definition) is 4. The second-order valence-electron chi connectivity index (χ2n) is 4.22. The third-order valence-corrected chi connectivity index (χ3v) is 3.90. The van der Waals surface area contributed by atoms with Gasteiger partial charge in [0.25, 0.3) is 0 Å². The van der Waals surface area contributed by atoms with Gasteiger partial charge in [-0.2, -0.15) is 0 Å². The molecule has 1 saturated heterocycles. The Bertz CT molecular complexity index is 311. The average Bonchev–Trinajstić information content (AvgIpc) is 2.83. The summed E-state index contributed by atoms with van der Waals surface area (Å²) >= 11 is 1.70. The van der Waals surface area contributed by atoms with E-state index in [0.29, 0.717) is 0 Å². The lowest BCUT2D eigenvalue weighted by molar-refractivity contribution is 0.345. The minimum atomic E-state index is 0.800. The van der Waals surface area contributed by atoms with E-state index in [-0.39, 0.29) is 0 Å². The summed E-state index contributed by atoms with van der Waals surface area (Å²) in [7, 11) is 0. The molecule has 1 aliphatic rings. The average molecular weight is 225 g/mol. The highest BCUT2D eigenvalue weighted by atomic mass is 32.1. The first kappa shape index (κ1) is 10.9.